The molecule has 0 fully saturated rings. The van der Waals surface area contributed by atoms with E-state index in [4.69, 9.17) is 9.47 Å². The number of carbonyl (C=O) groups excluding carboxylic acids is 2. The number of esters is 1. The SMILES string of the molecule is CCOC(=O)c1ccc(NC(=O)C(CC)Oc2ccc(CC)cc2)cc1. The molecule has 2 rings (SSSR count). The van der Waals surface area contributed by atoms with Crippen LogP contribution in [0, 0.1) is 0 Å². The van der Waals surface area contributed by atoms with E-state index in [1.54, 1.807) is 31.2 Å². The number of ether oxygens (including phenoxy) is 2. The van der Waals surface area contributed by atoms with Crippen LogP contribution in [0.25, 0.3) is 0 Å². The fourth-order valence-corrected chi connectivity index (χ4v) is 2.42. The first-order chi connectivity index (χ1) is 12.6. The normalized spacial score (nSPS) is 11.5. The van der Waals surface area contributed by atoms with Gasteiger partial charge in [-0.25, -0.2) is 4.79 Å². The summed E-state index contributed by atoms with van der Waals surface area (Å²) in [5, 5.41) is 2.82. The second-order valence-corrected chi connectivity index (χ2v) is 5.80. The molecule has 0 aromatic heterocycles. The van der Waals surface area contributed by atoms with Gasteiger partial charge in [-0.15, -0.1) is 0 Å². The standard InChI is InChI=1S/C21H25NO4/c1-4-15-7-13-18(14-8-15)26-19(5-2)20(23)22-17-11-9-16(10-12-17)21(24)25-6-3/h7-14,19H,4-6H2,1-3H3,(H,22,23). The topological polar surface area (TPSA) is 64.6 Å². The second-order valence-electron chi connectivity index (χ2n) is 5.80. The van der Waals surface area contributed by atoms with E-state index in [0.29, 0.717) is 30.0 Å². The number of hydrogen-bond acceptors (Lipinski definition) is 4. The molecule has 1 N–H and O–H groups in total. The molecule has 1 unspecified atom stereocenters. The third-order valence-corrected chi connectivity index (χ3v) is 3.94. The molecule has 1 amide bonds. The lowest BCUT2D eigenvalue weighted by Crippen LogP contribution is -2.32. The molecule has 0 bridgehead atoms. The smallest absolute Gasteiger partial charge is 0.338 e. The molecule has 0 saturated carbocycles. The molecule has 5 nitrogen and oxygen atoms in total. The Morgan fingerprint density at radius 1 is 0.962 bits per heavy atom. The van der Waals surface area contributed by atoms with Crippen LogP contribution in [0.5, 0.6) is 5.75 Å². The van der Waals surface area contributed by atoms with Crippen LogP contribution in [-0.4, -0.2) is 24.6 Å². The third-order valence-electron chi connectivity index (χ3n) is 3.94. The molecular weight excluding hydrogens is 330 g/mol. The molecular formula is C21H25NO4. The van der Waals surface area contributed by atoms with Crippen molar-refractivity contribution in [2.75, 3.05) is 11.9 Å². The van der Waals surface area contributed by atoms with Crippen LogP contribution in [0.3, 0.4) is 0 Å². The molecule has 26 heavy (non-hydrogen) atoms. The Hall–Kier alpha value is -2.82. The summed E-state index contributed by atoms with van der Waals surface area (Å²) >= 11 is 0. The van der Waals surface area contributed by atoms with E-state index in [9.17, 15) is 9.59 Å². The third kappa shape index (κ3) is 5.34. The summed E-state index contributed by atoms with van der Waals surface area (Å²) in [6.07, 6.45) is 0.911. The number of rotatable bonds is 8. The number of benzene rings is 2. The van der Waals surface area contributed by atoms with Gasteiger partial charge >= 0.3 is 5.97 Å². The van der Waals surface area contributed by atoms with E-state index >= 15 is 0 Å². The van der Waals surface area contributed by atoms with Crippen molar-refractivity contribution in [3.05, 3.63) is 59.7 Å². The molecule has 0 aliphatic heterocycles. The zero-order valence-electron chi connectivity index (χ0n) is 15.5. The Kier molecular flexibility index (Phi) is 7.21. The van der Waals surface area contributed by atoms with Crippen molar-refractivity contribution in [3.63, 3.8) is 0 Å². The Labute approximate surface area is 154 Å². The van der Waals surface area contributed by atoms with Crippen molar-refractivity contribution in [1.29, 1.82) is 0 Å². The average molecular weight is 355 g/mol. The van der Waals surface area contributed by atoms with Crippen LogP contribution in [0.2, 0.25) is 0 Å². The predicted octanol–water partition coefficient (Wildman–Crippen LogP) is 4.22. The zero-order valence-corrected chi connectivity index (χ0v) is 15.5. The first-order valence-corrected chi connectivity index (χ1v) is 8.91. The maximum Gasteiger partial charge on any atom is 0.338 e. The molecule has 0 aliphatic carbocycles. The van der Waals surface area contributed by atoms with E-state index in [2.05, 4.69) is 12.2 Å². The number of anilines is 1. The number of aryl methyl sites for hydroxylation is 1. The maximum absolute atomic E-state index is 12.5. The van der Waals surface area contributed by atoms with Crippen LogP contribution in [0.1, 0.15) is 43.1 Å². The lowest BCUT2D eigenvalue weighted by molar-refractivity contribution is -0.122. The van der Waals surface area contributed by atoms with Crippen molar-refractivity contribution in [1.82, 2.24) is 0 Å². The highest BCUT2D eigenvalue weighted by atomic mass is 16.5. The van der Waals surface area contributed by atoms with Gasteiger partial charge in [-0.05, 0) is 61.7 Å². The van der Waals surface area contributed by atoms with Gasteiger partial charge in [0.05, 0.1) is 12.2 Å². The van der Waals surface area contributed by atoms with E-state index in [1.165, 1.54) is 5.56 Å². The van der Waals surface area contributed by atoms with Crippen LogP contribution in [0.15, 0.2) is 48.5 Å². The second kappa shape index (κ2) is 9.61. The summed E-state index contributed by atoms with van der Waals surface area (Å²) in [6, 6.07) is 14.3. The first kappa shape index (κ1) is 19.5. The van der Waals surface area contributed by atoms with E-state index in [-0.39, 0.29) is 11.9 Å². The van der Waals surface area contributed by atoms with Gasteiger partial charge in [0, 0.05) is 5.69 Å². The van der Waals surface area contributed by atoms with Gasteiger partial charge < -0.3 is 14.8 Å². The monoisotopic (exact) mass is 355 g/mol. The van der Waals surface area contributed by atoms with Crippen molar-refractivity contribution < 1.29 is 19.1 Å². The molecule has 0 saturated heterocycles. The molecule has 2 aromatic rings. The Bertz CT molecular complexity index is 723. The van der Waals surface area contributed by atoms with Gasteiger partial charge in [0.15, 0.2) is 6.10 Å². The summed E-state index contributed by atoms with van der Waals surface area (Å²) < 4.78 is 10.7. The number of nitrogens with one attached hydrogen (secondary N) is 1. The molecule has 2 aromatic carbocycles. The van der Waals surface area contributed by atoms with E-state index in [0.717, 1.165) is 6.42 Å². The fraction of sp³-hybridized carbons (Fsp3) is 0.333. The Morgan fingerprint density at radius 2 is 1.62 bits per heavy atom. The predicted molar refractivity (Wildman–Crippen MR) is 102 cm³/mol. The van der Waals surface area contributed by atoms with Crippen molar-refractivity contribution in [2.45, 2.75) is 39.7 Å². The molecule has 0 aliphatic rings. The van der Waals surface area contributed by atoms with Gasteiger partial charge in [-0.1, -0.05) is 26.0 Å². The quantitative estimate of drug-likeness (QED) is 0.720. The Morgan fingerprint density at radius 3 is 2.15 bits per heavy atom. The summed E-state index contributed by atoms with van der Waals surface area (Å²) in [6.45, 7) is 6.07. The van der Waals surface area contributed by atoms with E-state index < -0.39 is 6.10 Å². The number of carbonyl (C=O) groups is 2. The van der Waals surface area contributed by atoms with Crippen LogP contribution in [-0.2, 0) is 16.0 Å². The van der Waals surface area contributed by atoms with Crippen LogP contribution >= 0.6 is 0 Å². The lowest BCUT2D eigenvalue weighted by Gasteiger charge is -2.17. The van der Waals surface area contributed by atoms with Gasteiger partial charge in [-0.2, -0.15) is 0 Å². The van der Waals surface area contributed by atoms with E-state index in [1.807, 2.05) is 31.2 Å². The van der Waals surface area contributed by atoms with Crippen LogP contribution in [0.4, 0.5) is 5.69 Å². The Balaban J connectivity index is 1.98. The summed E-state index contributed by atoms with van der Waals surface area (Å²) in [7, 11) is 0. The van der Waals surface area contributed by atoms with Crippen molar-refractivity contribution in [3.8, 4) is 5.75 Å². The van der Waals surface area contributed by atoms with Crippen molar-refractivity contribution >= 4 is 17.6 Å². The molecule has 1 atom stereocenters. The lowest BCUT2D eigenvalue weighted by atomic mass is 10.1. The number of amides is 1. The fourth-order valence-electron chi connectivity index (χ4n) is 2.42. The highest BCUT2D eigenvalue weighted by Gasteiger charge is 2.18. The number of hydrogen-bond donors (Lipinski definition) is 1. The molecule has 0 heterocycles. The van der Waals surface area contributed by atoms with Gasteiger partial charge in [-0.3, -0.25) is 4.79 Å². The summed E-state index contributed by atoms with van der Waals surface area (Å²) in [4.78, 5) is 24.1. The highest BCUT2D eigenvalue weighted by Crippen LogP contribution is 2.17. The minimum absolute atomic E-state index is 0.226. The zero-order chi connectivity index (χ0) is 18.9. The largest absolute Gasteiger partial charge is 0.481 e. The minimum atomic E-state index is -0.591. The van der Waals surface area contributed by atoms with Gasteiger partial charge in [0.2, 0.25) is 0 Å². The average Bonchev–Trinajstić information content (AvgIpc) is 2.67. The van der Waals surface area contributed by atoms with Gasteiger partial charge in [0.25, 0.3) is 5.91 Å². The maximum atomic E-state index is 12.5. The first-order valence-electron chi connectivity index (χ1n) is 8.91. The molecule has 138 valence electrons. The molecule has 0 spiro atoms. The summed E-state index contributed by atoms with van der Waals surface area (Å²) in [5.74, 6) is 0.0634. The van der Waals surface area contributed by atoms with Gasteiger partial charge in [0.1, 0.15) is 5.75 Å². The molecule has 5 heteroatoms. The highest BCUT2D eigenvalue weighted by molar-refractivity contribution is 5.95. The molecule has 0 radical (unpaired) electrons. The van der Waals surface area contributed by atoms with Crippen LogP contribution < -0.4 is 10.1 Å². The minimum Gasteiger partial charge on any atom is -0.481 e. The van der Waals surface area contributed by atoms with Crippen molar-refractivity contribution in [2.24, 2.45) is 0 Å². The summed E-state index contributed by atoms with van der Waals surface area (Å²) in [5.41, 5.74) is 2.27.